The van der Waals surface area contributed by atoms with Crippen molar-refractivity contribution in [3.63, 3.8) is 0 Å². The highest BCUT2D eigenvalue weighted by molar-refractivity contribution is 8.00. The number of benzene rings is 1. The third kappa shape index (κ3) is 4.11. The van der Waals surface area contributed by atoms with E-state index in [1.165, 1.54) is 36.7 Å². The minimum absolute atomic E-state index is 0.0923. The smallest absolute Gasteiger partial charge is 0.233 e. The first-order valence-corrected chi connectivity index (χ1v) is 8.98. The van der Waals surface area contributed by atoms with E-state index >= 15 is 0 Å². The van der Waals surface area contributed by atoms with Crippen molar-refractivity contribution in [2.75, 3.05) is 0 Å². The van der Waals surface area contributed by atoms with Crippen LogP contribution in [0, 0.1) is 5.82 Å². The first-order valence-electron chi connectivity index (χ1n) is 8.10. The van der Waals surface area contributed by atoms with Crippen LogP contribution in [0.5, 0.6) is 0 Å². The lowest BCUT2D eigenvalue weighted by atomic mass is 10.2. The Morgan fingerprint density at radius 3 is 2.79 bits per heavy atom. The van der Waals surface area contributed by atoms with Crippen molar-refractivity contribution in [3.05, 3.63) is 35.6 Å². The Balaban J connectivity index is 1.54. The van der Waals surface area contributed by atoms with Crippen LogP contribution in [-0.2, 0) is 11.3 Å². The molecule has 1 aliphatic carbocycles. The minimum atomic E-state index is -0.309. The van der Waals surface area contributed by atoms with Gasteiger partial charge in [-0.25, -0.2) is 9.07 Å². The van der Waals surface area contributed by atoms with Crippen LogP contribution in [0.3, 0.4) is 0 Å². The van der Waals surface area contributed by atoms with E-state index in [9.17, 15) is 9.18 Å². The number of nitrogens with zero attached hydrogens (tertiary/aromatic N) is 4. The Bertz CT molecular complexity index is 684. The highest BCUT2D eigenvalue weighted by Crippen LogP contribution is 2.32. The van der Waals surface area contributed by atoms with Crippen molar-refractivity contribution in [2.45, 2.75) is 55.6 Å². The van der Waals surface area contributed by atoms with Crippen LogP contribution in [0.15, 0.2) is 29.4 Å². The second-order valence-corrected chi connectivity index (χ2v) is 7.26. The Kier molecular flexibility index (Phi) is 5.44. The van der Waals surface area contributed by atoms with Gasteiger partial charge < -0.3 is 5.32 Å². The number of nitrogens with one attached hydrogen (secondary N) is 1. The number of carbonyl (C=O) groups excluding carboxylic acids is 1. The Morgan fingerprint density at radius 1 is 1.38 bits per heavy atom. The Labute approximate surface area is 144 Å². The summed E-state index contributed by atoms with van der Waals surface area (Å²) < 4.78 is 14.7. The van der Waals surface area contributed by atoms with E-state index in [1.54, 1.807) is 12.1 Å². The van der Waals surface area contributed by atoms with E-state index in [4.69, 9.17) is 0 Å². The average molecular weight is 349 g/mol. The highest BCUT2D eigenvalue weighted by Gasteiger charge is 2.24. The van der Waals surface area contributed by atoms with Crippen molar-refractivity contribution in [1.29, 1.82) is 0 Å². The molecule has 1 heterocycles. The number of hydrogen-bond donors (Lipinski definition) is 1. The molecule has 24 heavy (non-hydrogen) atoms. The van der Waals surface area contributed by atoms with Crippen LogP contribution in [0.1, 0.15) is 44.2 Å². The number of carbonyl (C=O) groups is 1. The fraction of sp³-hybridized carbons (Fsp3) is 0.500. The van der Waals surface area contributed by atoms with Gasteiger partial charge in [-0.2, -0.15) is 0 Å². The summed E-state index contributed by atoms with van der Waals surface area (Å²) >= 11 is 1.36. The quantitative estimate of drug-likeness (QED) is 0.812. The highest BCUT2D eigenvalue weighted by atomic mass is 32.2. The summed E-state index contributed by atoms with van der Waals surface area (Å²) in [4.78, 5) is 12.3. The Morgan fingerprint density at radius 2 is 2.08 bits per heavy atom. The van der Waals surface area contributed by atoms with Gasteiger partial charge in [-0.3, -0.25) is 4.79 Å². The Hall–Kier alpha value is -1.96. The molecule has 1 N–H and O–H groups in total. The summed E-state index contributed by atoms with van der Waals surface area (Å²) in [5, 5.41) is 15.1. The van der Waals surface area contributed by atoms with Gasteiger partial charge in [-0.1, -0.05) is 36.7 Å². The predicted molar refractivity (Wildman–Crippen MR) is 88.9 cm³/mol. The number of tetrazole rings is 1. The van der Waals surface area contributed by atoms with E-state index in [1.807, 2.05) is 11.6 Å². The van der Waals surface area contributed by atoms with Crippen LogP contribution in [0.2, 0.25) is 0 Å². The zero-order chi connectivity index (χ0) is 16.9. The molecule has 8 heteroatoms. The molecule has 3 rings (SSSR count). The number of amides is 1. The summed E-state index contributed by atoms with van der Waals surface area (Å²) in [6.45, 7) is 2.20. The van der Waals surface area contributed by atoms with Gasteiger partial charge in [0.25, 0.3) is 0 Å². The number of rotatable bonds is 6. The van der Waals surface area contributed by atoms with Gasteiger partial charge >= 0.3 is 0 Å². The van der Waals surface area contributed by atoms with Crippen molar-refractivity contribution in [3.8, 4) is 0 Å². The molecule has 1 atom stereocenters. The molecular formula is C16H20FN5OS. The van der Waals surface area contributed by atoms with Gasteiger partial charge in [0, 0.05) is 6.54 Å². The fourth-order valence-electron chi connectivity index (χ4n) is 2.79. The van der Waals surface area contributed by atoms with Gasteiger partial charge in [0.05, 0.1) is 11.3 Å². The number of hydrogen-bond acceptors (Lipinski definition) is 5. The monoisotopic (exact) mass is 349 g/mol. The fourth-order valence-corrected chi connectivity index (χ4v) is 3.67. The first kappa shape index (κ1) is 16.9. The molecule has 1 fully saturated rings. The molecule has 1 unspecified atom stereocenters. The summed E-state index contributed by atoms with van der Waals surface area (Å²) in [5.74, 6) is -0.377. The minimum Gasteiger partial charge on any atom is -0.351 e. The molecule has 0 bridgehead atoms. The SMILES string of the molecule is CC(Sc1nnnn1C1CCCC1)C(=O)NCc1ccc(F)cc1. The topological polar surface area (TPSA) is 72.7 Å². The molecule has 1 saturated carbocycles. The predicted octanol–water partition coefficient (Wildman–Crippen LogP) is 2.72. The van der Waals surface area contributed by atoms with Crippen LogP contribution in [-0.4, -0.2) is 31.4 Å². The lowest BCUT2D eigenvalue weighted by molar-refractivity contribution is -0.120. The van der Waals surface area contributed by atoms with E-state index in [0.29, 0.717) is 17.7 Å². The summed E-state index contributed by atoms with van der Waals surface area (Å²) in [7, 11) is 0. The average Bonchev–Trinajstić information content (AvgIpc) is 3.25. The largest absolute Gasteiger partial charge is 0.351 e. The van der Waals surface area contributed by atoms with E-state index in [-0.39, 0.29) is 17.0 Å². The van der Waals surface area contributed by atoms with Crippen molar-refractivity contribution in [1.82, 2.24) is 25.5 Å². The zero-order valence-electron chi connectivity index (χ0n) is 13.5. The van der Waals surface area contributed by atoms with Crippen LogP contribution >= 0.6 is 11.8 Å². The van der Waals surface area contributed by atoms with Crippen LogP contribution in [0.25, 0.3) is 0 Å². The summed E-state index contributed by atoms with van der Waals surface area (Å²) in [5.41, 5.74) is 0.859. The van der Waals surface area contributed by atoms with Crippen molar-refractivity contribution in [2.24, 2.45) is 0 Å². The van der Waals surface area contributed by atoms with Gasteiger partial charge in [-0.05, 0) is 47.9 Å². The van der Waals surface area contributed by atoms with Crippen LogP contribution in [0.4, 0.5) is 4.39 Å². The van der Waals surface area contributed by atoms with Crippen molar-refractivity contribution >= 4 is 17.7 Å². The number of thioether (sulfide) groups is 1. The molecule has 1 aliphatic rings. The third-order valence-corrected chi connectivity index (χ3v) is 5.21. The normalized spacial score (nSPS) is 16.2. The molecule has 0 radical (unpaired) electrons. The second-order valence-electron chi connectivity index (χ2n) is 5.95. The molecule has 128 valence electrons. The molecule has 1 aromatic heterocycles. The lowest BCUT2D eigenvalue weighted by Gasteiger charge is -2.14. The van der Waals surface area contributed by atoms with Gasteiger partial charge in [0.2, 0.25) is 11.1 Å². The summed E-state index contributed by atoms with van der Waals surface area (Å²) in [6.07, 6.45) is 4.57. The number of halogens is 1. The van der Waals surface area contributed by atoms with E-state index < -0.39 is 0 Å². The third-order valence-electron chi connectivity index (χ3n) is 4.16. The van der Waals surface area contributed by atoms with Crippen molar-refractivity contribution < 1.29 is 9.18 Å². The molecule has 0 spiro atoms. The summed E-state index contributed by atoms with van der Waals surface area (Å²) in [6, 6.07) is 6.43. The standard InChI is InChI=1S/C16H20FN5OS/c1-11(15(23)18-10-12-6-8-13(17)9-7-12)24-16-19-20-21-22(16)14-4-2-3-5-14/h6-9,11,14H,2-5,10H2,1H3,(H,18,23). The number of aromatic nitrogens is 4. The maximum atomic E-state index is 12.9. The molecule has 1 amide bonds. The van der Waals surface area contributed by atoms with Gasteiger partial charge in [-0.15, -0.1) is 5.10 Å². The first-order chi connectivity index (χ1) is 11.6. The van der Waals surface area contributed by atoms with Crippen LogP contribution < -0.4 is 5.32 Å². The molecule has 0 saturated heterocycles. The zero-order valence-corrected chi connectivity index (χ0v) is 14.3. The maximum Gasteiger partial charge on any atom is 0.233 e. The van der Waals surface area contributed by atoms with Gasteiger partial charge in [0.1, 0.15) is 5.82 Å². The molecule has 0 aliphatic heterocycles. The van der Waals surface area contributed by atoms with E-state index in [2.05, 4.69) is 20.8 Å². The van der Waals surface area contributed by atoms with Gasteiger partial charge in [0.15, 0.2) is 0 Å². The lowest BCUT2D eigenvalue weighted by Crippen LogP contribution is -2.30. The maximum absolute atomic E-state index is 12.9. The van der Waals surface area contributed by atoms with E-state index in [0.717, 1.165) is 18.4 Å². The molecule has 6 nitrogen and oxygen atoms in total. The molecule has 1 aromatic carbocycles. The molecule has 2 aromatic rings. The second kappa shape index (κ2) is 7.74. The molecular weight excluding hydrogens is 329 g/mol.